The van der Waals surface area contributed by atoms with Crippen LogP contribution in [0.3, 0.4) is 0 Å². The summed E-state index contributed by atoms with van der Waals surface area (Å²) in [6.45, 7) is 0.893. The van der Waals surface area contributed by atoms with Crippen molar-refractivity contribution in [1.82, 2.24) is 4.98 Å². The molecule has 18 heavy (non-hydrogen) atoms. The first-order valence-corrected chi connectivity index (χ1v) is 7.18. The van der Waals surface area contributed by atoms with Gasteiger partial charge >= 0.3 is 0 Å². The van der Waals surface area contributed by atoms with Crippen LogP contribution in [0.2, 0.25) is 0 Å². The number of pyridine rings is 1. The van der Waals surface area contributed by atoms with Crippen LogP contribution >= 0.6 is 0 Å². The first-order valence-electron chi connectivity index (χ1n) is 7.18. The highest BCUT2D eigenvalue weighted by atomic mass is 16.5. The summed E-state index contributed by atoms with van der Waals surface area (Å²) in [5, 5.41) is 3.56. The molecule has 1 aliphatic carbocycles. The smallest absolute Gasteiger partial charge is 0.126 e. The van der Waals surface area contributed by atoms with Crippen LogP contribution in [0.5, 0.6) is 0 Å². The molecule has 1 aromatic heterocycles. The largest absolute Gasteiger partial charge is 0.375 e. The molecule has 1 saturated carbocycles. The topological polar surface area (TPSA) is 34.1 Å². The molecule has 0 amide bonds. The minimum absolute atomic E-state index is 0.170. The Morgan fingerprint density at radius 3 is 2.89 bits per heavy atom. The van der Waals surface area contributed by atoms with E-state index in [1.807, 2.05) is 24.4 Å². The molecular weight excluding hydrogens is 224 g/mol. The molecule has 1 atom stereocenters. The van der Waals surface area contributed by atoms with Crippen LogP contribution in [0, 0.1) is 0 Å². The van der Waals surface area contributed by atoms with E-state index in [9.17, 15) is 0 Å². The van der Waals surface area contributed by atoms with Gasteiger partial charge in [0.15, 0.2) is 0 Å². The number of nitrogens with one attached hydrogen (secondary N) is 1. The Labute approximate surface area is 109 Å². The van der Waals surface area contributed by atoms with Gasteiger partial charge in [-0.05, 0) is 37.8 Å². The molecule has 1 saturated heterocycles. The fraction of sp³-hybridized carbons (Fsp3) is 0.667. The Balaban J connectivity index is 1.63. The van der Waals surface area contributed by atoms with Gasteiger partial charge in [-0.1, -0.05) is 25.3 Å². The molecule has 1 N–H and O–H groups in total. The molecule has 98 valence electrons. The first-order chi connectivity index (χ1) is 8.86. The Morgan fingerprint density at radius 1 is 1.22 bits per heavy atom. The lowest BCUT2D eigenvalue weighted by molar-refractivity contribution is -0.103. The number of nitrogens with zero attached hydrogens (tertiary/aromatic N) is 1. The summed E-state index contributed by atoms with van der Waals surface area (Å²) in [4.78, 5) is 4.35. The molecule has 1 aliphatic heterocycles. The minimum atomic E-state index is 0.170. The molecule has 3 heteroatoms. The van der Waals surface area contributed by atoms with Crippen LogP contribution in [-0.4, -0.2) is 23.2 Å². The van der Waals surface area contributed by atoms with Gasteiger partial charge in [-0.25, -0.2) is 4.98 Å². The standard InChI is InChI=1S/C15H22N2O/c1-3-8-15(9-4-1)12-13(7-11-18-15)17-14-6-2-5-10-16-14/h2,5-6,10,13H,1,3-4,7-9,11-12H2,(H,16,17)/t13-/m1/s1. The molecule has 0 aromatic carbocycles. The van der Waals surface area contributed by atoms with E-state index in [-0.39, 0.29) is 5.60 Å². The number of aromatic nitrogens is 1. The first kappa shape index (κ1) is 12.0. The summed E-state index contributed by atoms with van der Waals surface area (Å²) in [7, 11) is 0. The van der Waals surface area contributed by atoms with Crippen molar-refractivity contribution in [1.29, 1.82) is 0 Å². The Kier molecular flexibility index (Phi) is 3.50. The summed E-state index contributed by atoms with van der Waals surface area (Å²) >= 11 is 0. The van der Waals surface area contributed by atoms with E-state index in [1.54, 1.807) is 0 Å². The minimum Gasteiger partial charge on any atom is -0.375 e. The SMILES string of the molecule is c1ccc(N[C@@H]2CCOC3(CCCCC3)C2)nc1. The van der Waals surface area contributed by atoms with Gasteiger partial charge in [0.1, 0.15) is 5.82 Å². The van der Waals surface area contributed by atoms with Crippen LogP contribution < -0.4 is 5.32 Å². The van der Waals surface area contributed by atoms with Crippen LogP contribution in [0.1, 0.15) is 44.9 Å². The predicted octanol–water partition coefficient (Wildman–Crippen LogP) is 3.38. The third-order valence-electron chi connectivity index (χ3n) is 4.27. The monoisotopic (exact) mass is 246 g/mol. The van der Waals surface area contributed by atoms with Gasteiger partial charge in [0.25, 0.3) is 0 Å². The van der Waals surface area contributed by atoms with Crippen LogP contribution in [0.25, 0.3) is 0 Å². The maximum absolute atomic E-state index is 6.11. The van der Waals surface area contributed by atoms with Crippen molar-refractivity contribution in [3.8, 4) is 0 Å². The van der Waals surface area contributed by atoms with Gasteiger partial charge in [0, 0.05) is 18.8 Å². The van der Waals surface area contributed by atoms with Crippen molar-refractivity contribution >= 4 is 5.82 Å². The lowest BCUT2D eigenvalue weighted by atomic mass is 9.78. The lowest BCUT2D eigenvalue weighted by Crippen LogP contribution is -2.45. The molecule has 0 radical (unpaired) electrons. The zero-order valence-electron chi connectivity index (χ0n) is 10.9. The van der Waals surface area contributed by atoms with Gasteiger partial charge in [-0.2, -0.15) is 0 Å². The highest BCUT2D eigenvalue weighted by Crippen LogP contribution is 2.39. The fourth-order valence-electron chi connectivity index (χ4n) is 3.35. The number of rotatable bonds is 2. The van der Waals surface area contributed by atoms with E-state index in [0.29, 0.717) is 6.04 Å². The second-order valence-electron chi connectivity index (χ2n) is 5.64. The molecule has 1 spiro atoms. The number of hydrogen-bond acceptors (Lipinski definition) is 3. The lowest BCUT2D eigenvalue weighted by Gasteiger charge is -2.43. The summed E-state index contributed by atoms with van der Waals surface area (Å²) in [6, 6.07) is 6.55. The summed E-state index contributed by atoms with van der Waals surface area (Å²) in [5.41, 5.74) is 0.170. The third-order valence-corrected chi connectivity index (χ3v) is 4.27. The van der Waals surface area contributed by atoms with Crippen molar-refractivity contribution in [3.63, 3.8) is 0 Å². The summed E-state index contributed by atoms with van der Waals surface area (Å²) in [6.07, 6.45) is 10.6. The zero-order chi connectivity index (χ0) is 12.3. The Hall–Kier alpha value is -1.09. The highest BCUT2D eigenvalue weighted by Gasteiger charge is 2.38. The van der Waals surface area contributed by atoms with Gasteiger partial charge < -0.3 is 10.1 Å². The maximum atomic E-state index is 6.11. The molecule has 2 heterocycles. The average Bonchev–Trinajstić information content (AvgIpc) is 2.41. The van der Waals surface area contributed by atoms with Gasteiger partial charge in [0.05, 0.1) is 5.60 Å². The zero-order valence-corrected chi connectivity index (χ0v) is 10.9. The summed E-state index contributed by atoms with van der Waals surface area (Å²) < 4.78 is 6.11. The third kappa shape index (κ3) is 2.66. The van der Waals surface area contributed by atoms with E-state index >= 15 is 0 Å². The van der Waals surface area contributed by atoms with Gasteiger partial charge in [0.2, 0.25) is 0 Å². The quantitative estimate of drug-likeness (QED) is 0.868. The highest BCUT2D eigenvalue weighted by molar-refractivity contribution is 5.34. The van der Waals surface area contributed by atoms with E-state index < -0.39 is 0 Å². The maximum Gasteiger partial charge on any atom is 0.126 e. The number of hydrogen-bond donors (Lipinski definition) is 1. The molecule has 0 bridgehead atoms. The normalized spacial score (nSPS) is 27.0. The molecule has 3 nitrogen and oxygen atoms in total. The second-order valence-corrected chi connectivity index (χ2v) is 5.64. The van der Waals surface area contributed by atoms with Crippen LogP contribution in [0.15, 0.2) is 24.4 Å². The van der Waals surface area contributed by atoms with E-state index in [0.717, 1.165) is 25.3 Å². The van der Waals surface area contributed by atoms with E-state index in [1.165, 1.54) is 32.1 Å². The van der Waals surface area contributed by atoms with E-state index in [2.05, 4.69) is 10.3 Å². The number of anilines is 1. The van der Waals surface area contributed by atoms with Crippen molar-refractivity contribution in [2.75, 3.05) is 11.9 Å². The second kappa shape index (κ2) is 5.27. The van der Waals surface area contributed by atoms with Crippen molar-refractivity contribution in [2.24, 2.45) is 0 Å². The van der Waals surface area contributed by atoms with Gasteiger partial charge in [-0.15, -0.1) is 0 Å². The van der Waals surface area contributed by atoms with Crippen LogP contribution in [-0.2, 0) is 4.74 Å². The Bertz CT molecular complexity index is 368. The molecule has 2 fully saturated rings. The van der Waals surface area contributed by atoms with E-state index in [4.69, 9.17) is 4.74 Å². The molecule has 0 unspecified atom stereocenters. The van der Waals surface area contributed by atoms with Crippen molar-refractivity contribution in [2.45, 2.75) is 56.6 Å². The molecule has 3 rings (SSSR count). The molecular formula is C15H22N2O. The van der Waals surface area contributed by atoms with Gasteiger partial charge in [-0.3, -0.25) is 0 Å². The molecule has 1 aromatic rings. The Morgan fingerprint density at radius 2 is 2.11 bits per heavy atom. The van der Waals surface area contributed by atoms with Crippen molar-refractivity contribution < 1.29 is 4.74 Å². The fourth-order valence-corrected chi connectivity index (χ4v) is 3.35. The predicted molar refractivity (Wildman–Crippen MR) is 72.6 cm³/mol. The number of ether oxygens (including phenoxy) is 1. The van der Waals surface area contributed by atoms with Crippen molar-refractivity contribution in [3.05, 3.63) is 24.4 Å². The summed E-state index contributed by atoms with van der Waals surface area (Å²) in [5.74, 6) is 0.996. The molecule has 2 aliphatic rings. The van der Waals surface area contributed by atoms with Crippen LogP contribution in [0.4, 0.5) is 5.82 Å². The average molecular weight is 246 g/mol.